The summed E-state index contributed by atoms with van der Waals surface area (Å²) < 4.78 is 14.3. The molecule has 8 nitrogen and oxygen atoms in total. The molecule has 5 heterocycles. The highest BCUT2D eigenvalue weighted by molar-refractivity contribution is 9.10. The van der Waals surface area contributed by atoms with E-state index in [1.54, 1.807) is 24.0 Å². The van der Waals surface area contributed by atoms with Crippen LogP contribution in [-0.4, -0.2) is 39.3 Å². The van der Waals surface area contributed by atoms with Crippen molar-refractivity contribution in [3.63, 3.8) is 0 Å². The number of ether oxygens (including phenoxy) is 1. The number of anilines is 1. The molecule has 5 rings (SSSR count). The summed E-state index contributed by atoms with van der Waals surface area (Å²) in [6, 6.07) is 5.62. The van der Waals surface area contributed by atoms with Gasteiger partial charge in [0.05, 0.1) is 11.5 Å². The molecule has 0 spiro atoms. The molecule has 0 aromatic carbocycles. The fourth-order valence-corrected chi connectivity index (χ4v) is 4.24. The summed E-state index contributed by atoms with van der Waals surface area (Å²) in [6.45, 7) is 1.29. The van der Waals surface area contributed by atoms with E-state index in [1.807, 2.05) is 18.2 Å². The number of furan rings is 1. The first-order valence-electron chi connectivity index (χ1n) is 9.88. The van der Waals surface area contributed by atoms with E-state index in [9.17, 15) is 4.79 Å². The van der Waals surface area contributed by atoms with E-state index in [4.69, 9.17) is 9.15 Å². The Kier molecular flexibility index (Phi) is 5.00. The lowest BCUT2D eigenvalue weighted by Gasteiger charge is -2.12. The van der Waals surface area contributed by atoms with Crippen LogP contribution in [0.3, 0.4) is 0 Å². The molecule has 1 aliphatic rings. The fourth-order valence-electron chi connectivity index (χ4n) is 3.91. The van der Waals surface area contributed by atoms with Crippen molar-refractivity contribution in [3.8, 4) is 11.3 Å². The average molecular weight is 470 g/mol. The minimum atomic E-state index is -0.323. The van der Waals surface area contributed by atoms with Crippen molar-refractivity contribution < 1.29 is 9.15 Å². The molecule has 1 aliphatic heterocycles. The Balaban J connectivity index is 1.71. The lowest BCUT2D eigenvalue weighted by Crippen LogP contribution is -2.25. The summed E-state index contributed by atoms with van der Waals surface area (Å²) in [5, 5.41) is 3.76. The predicted molar refractivity (Wildman–Crippen MR) is 118 cm³/mol. The first-order valence-corrected chi connectivity index (χ1v) is 10.7. The van der Waals surface area contributed by atoms with Crippen LogP contribution in [0.1, 0.15) is 19.3 Å². The zero-order valence-corrected chi connectivity index (χ0v) is 18.0. The van der Waals surface area contributed by atoms with Gasteiger partial charge >= 0.3 is 5.69 Å². The number of aromatic nitrogens is 4. The van der Waals surface area contributed by atoms with E-state index in [0.29, 0.717) is 34.6 Å². The van der Waals surface area contributed by atoms with Crippen LogP contribution < -0.4 is 11.0 Å². The van der Waals surface area contributed by atoms with Crippen molar-refractivity contribution in [1.82, 2.24) is 19.5 Å². The molecule has 9 heteroatoms. The average Bonchev–Trinajstić information content (AvgIpc) is 3.41. The second-order valence-electron chi connectivity index (χ2n) is 7.29. The molecule has 0 saturated carbocycles. The van der Waals surface area contributed by atoms with Gasteiger partial charge in [-0.15, -0.1) is 0 Å². The number of hydrogen-bond acceptors (Lipinski definition) is 7. The highest BCUT2D eigenvalue weighted by Gasteiger charge is 2.22. The van der Waals surface area contributed by atoms with Gasteiger partial charge < -0.3 is 14.5 Å². The lowest BCUT2D eigenvalue weighted by atomic mass is 10.1. The Morgan fingerprint density at radius 1 is 1.30 bits per heavy atom. The van der Waals surface area contributed by atoms with Crippen LogP contribution >= 0.6 is 15.9 Å². The van der Waals surface area contributed by atoms with Crippen molar-refractivity contribution in [3.05, 3.63) is 45.5 Å². The van der Waals surface area contributed by atoms with Gasteiger partial charge in [0.25, 0.3) is 0 Å². The second kappa shape index (κ2) is 7.81. The van der Waals surface area contributed by atoms with Gasteiger partial charge in [0.15, 0.2) is 5.58 Å². The van der Waals surface area contributed by atoms with Gasteiger partial charge in [-0.25, -0.2) is 14.8 Å². The fraction of sp³-hybridized carbons (Fsp3) is 0.333. The molecular weight excluding hydrogens is 450 g/mol. The van der Waals surface area contributed by atoms with Gasteiger partial charge in [-0.3, -0.25) is 4.57 Å². The molecule has 1 fully saturated rings. The standard InChI is InChI=1S/C21H20BrN5O3/c1-23-16-5-4-12(10-24-16)17-19-18(15-9-13(22)11-25-20(15)30-19)27(21(28)26-17)7-6-14-3-2-8-29-14/h4-5,9-11,14H,2-3,6-8H2,1H3,(H,23,24). The number of halogens is 1. The molecule has 154 valence electrons. The van der Waals surface area contributed by atoms with Gasteiger partial charge in [-0.2, -0.15) is 4.98 Å². The SMILES string of the molecule is CNc1ccc(-c2nc(=O)n(CCC3CCCO3)c3c2oc2ncc(Br)cc23)cn1. The lowest BCUT2D eigenvalue weighted by molar-refractivity contribution is 0.100. The zero-order valence-electron chi connectivity index (χ0n) is 16.4. The summed E-state index contributed by atoms with van der Waals surface area (Å²) in [4.78, 5) is 26.2. The molecule has 30 heavy (non-hydrogen) atoms. The molecular formula is C21H20BrN5O3. The van der Waals surface area contributed by atoms with Crippen LogP contribution in [-0.2, 0) is 11.3 Å². The smallest absolute Gasteiger partial charge is 0.348 e. The summed E-state index contributed by atoms with van der Waals surface area (Å²) in [5.74, 6) is 0.732. The number of rotatable bonds is 5. The van der Waals surface area contributed by atoms with E-state index >= 15 is 0 Å². The first-order chi connectivity index (χ1) is 14.6. The molecule has 0 amide bonds. The summed E-state index contributed by atoms with van der Waals surface area (Å²) in [7, 11) is 1.80. The maximum Gasteiger partial charge on any atom is 0.348 e. The normalized spacial score (nSPS) is 16.5. The van der Waals surface area contributed by atoms with Crippen LogP contribution in [0.25, 0.3) is 33.5 Å². The highest BCUT2D eigenvalue weighted by Crippen LogP contribution is 2.34. The van der Waals surface area contributed by atoms with Crippen molar-refractivity contribution in [2.24, 2.45) is 0 Å². The molecule has 1 unspecified atom stereocenters. The molecule has 1 saturated heterocycles. The van der Waals surface area contributed by atoms with Crippen LogP contribution in [0.5, 0.6) is 0 Å². The molecule has 1 atom stereocenters. The van der Waals surface area contributed by atoms with Gasteiger partial charge in [0.2, 0.25) is 5.71 Å². The summed E-state index contributed by atoms with van der Waals surface area (Å²) >= 11 is 3.47. The van der Waals surface area contributed by atoms with E-state index in [-0.39, 0.29) is 11.8 Å². The predicted octanol–water partition coefficient (Wildman–Crippen LogP) is 3.97. The molecule has 0 aliphatic carbocycles. The van der Waals surface area contributed by atoms with Crippen LogP contribution in [0.15, 0.2) is 44.3 Å². The number of pyridine rings is 2. The first kappa shape index (κ1) is 19.2. The van der Waals surface area contributed by atoms with E-state index in [1.165, 1.54) is 0 Å². The Morgan fingerprint density at radius 3 is 2.93 bits per heavy atom. The van der Waals surface area contributed by atoms with Crippen molar-refractivity contribution in [2.75, 3.05) is 19.0 Å². The van der Waals surface area contributed by atoms with Gasteiger partial charge in [-0.05, 0) is 53.4 Å². The quantitative estimate of drug-likeness (QED) is 0.472. The molecule has 0 radical (unpaired) electrons. The third kappa shape index (κ3) is 3.37. The Bertz CT molecular complexity index is 1280. The number of nitrogens with one attached hydrogen (secondary N) is 1. The third-order valence-corrected chi connectivity index (χ3v) is 5.84. The van der Waals surface area contributed by atoms with E-state index < -0.39 is 0 Å². The second-order valence-corrected chi connectivity index (χ2v) is 8.20. The van der Waals surface area contributed by atoms with Crippen LogP contribution in [0.2, 0.25) is 0 Å². The Morgan fingerprint density at radius 2 is 2.20 bits per heavy atom. The minimum absolute atomic E-state index is 0.174. The molecule has 1 N–H and O–H groups in total. The van der Waals surface area contributed by atoms with Gasteiger partial charge in [-0.1, -0.05) is 0 Å². The maximum absolute atomic E-state index is 13.1. The van der Waals surface area contributed by atoms with Crippen molar-refractivity contribution in [2.45, 2.75) is 31.9 Å². The number of nitrogens with zero attached hydrogens (tertiary/aromatic N) is 4. The van der Waals surface area contributed by atoms with Crippen molar-refractivity contribution >= 4 is 43.9 Å². The molecule has 4 aromatic heterocycles. The number of hydrogen-bond donors (Lipinski definition) is 1. The van der Waals surface area contributed by atoms with Crippen LogP contribution in [0.4, 0.5) is 5.82 Å². The van der Waals surface area contributed by atoms with Gasteiger partial charge in [0, 0.05) is 42.6 Å². The summed E-state index contributed by atoms with van der Waals surface area (Å²) in [5.41, 5.74) is 2.54. The monoisotopic (exact) mass is 469 g/mol. The van der Waals surface area contributed by atoms with Gasteiger partial charge in [0.1, 0.15) is 17.0 Å². The highest BCUT2D eigenvalue weighted by atomic mass is 79.9. The molecule has 0 bridgehead atoms. The topological polar surface area (TPSA) is 95.1 Å². The van der Waals surface area contributed by atoms with E-state index in [2.05, 4.69) is 36.2 Å². The maximum atomic E-state index is 13.1. The minimum Gasteiger partial charge on any atom is -0.434 e. The third-order valence-electron chi connectivity index (χ3n) is 5.40. The summed E-state index contributed by atoms with van der Waals surface area (Å²) in [6.07, 6.45) is 6.37. The zero-order chi connectivity index (χ0) is 20.7. The number of aryl methyl sites for hydroxylation is 1. The number of fused-ring (bicyclic) bond motifs is 3. The Labute approximate surface area is 180 Å². The van der Waals surface area contributed by atoms with Crippen molar-refractivity contribution in [1.29, 1.82) is 0 Å². The van der Waals surface area contributed by atoms with Crippen LogP contribution in [0, 0.1) is 0 Å². The van der Waals surface area contributed by atoms with E-state index in [0.717, 1.165) is 41.5 Å². The largest absolute Gasteiger partial charge is 0.434 e. The molecule has 4 aromatic rings. The Hall–Kier alpha value is -2.78.